The molecule has 0 bridgehead atoms. The molecule has 0 aromatic heterocycles. The van der Waals surface area contributed by atoms with E-state index in [4.69, 9.17) is 5.11 Å². The Morgan fingerprint density at radius 2 is 1.83 bits per heavy atom. The van der Waals surface area contributed by atoms with Crippen LogP contribution < -0.4 is 0 Å². The van der Waals surface area contributed by atoms with E-state index >= 15 is 0 Å². The lowest BCUT2D eigenvalue weighted by molar-refractivity contribution is -0.384. The third-order valence-corrected chi connectivity index (χ3v) is 3.41. The minimum atomic E-state index is -0.914. The second kappa shape index (κ2) is 5.86. The number of hydrogen-bond donors (Lipinski definition) is 2. The number of carbonyl (C=O) groups is 1. The molecular weight excluding hydrogens is 254 g/mol. The Kier molecular flexibility index (Phi) is 4.72. The monoisotopic (exact) mass is 269 g/mol. The maximum Gasteiger partial charge on any atom is 0.308 e. The number of benzene rings is 1. The highest BCUT2D eigenvalue weighted by Crippen LogP contribution is 2.34. The summed E-state index contributed by atoms with van der Waals surface area (Å²) >= 11 is 4.33. The van der Waals surface area contributed by atoms with Crippen LogP contribution in [-0.4, -0.2) is 16.0 Å². The van der Waals surface area contributed by atoms with Gasteiger partial charge in [0.15, 0.2) is 0 Å². The van der Waals surface area contributed by atoms with Crippen molar-refractivity contribution < 1.29 is 14.8 Å². The molecule has 0 amide bonds. The lowest BCUT2D eigenvalue weighted by Crippen LogP contribution is -2.24. The quantitative estimate of drug-likeness (QED) is 0.489. The largest absolute Gasteiger partial charge is 0.481 e. The SMILES string of the molecule is CC(C)C(C(=O)O)C(S)c1ccc([N+](=O)[O-])cc1. The fraction of sp³-hybridized carbons (Fsp3) is 0.417. The minimum Gasteiger partial charge on any atom is -0.481 e. The van der Waals surface area contributed by atoms with Crippen molar-refractivity contribution in [2.45, 2.75) is 19.1 Å². The molecule has 1 aromatic carbocycles. The summed E-state index contributed by atoms with van der Waals surface area (Å²) in [6, 6.07) is 5.82. The number of nitrogens with zero attached hydrogens (tertiary/aromatic N) is 1. The molecule has 0 aliphatic rings. The highest BCUT2D eigenvalue weighted by atomic mass is 32.1. The second-order valence-electron chi connectivity index (χ2n) is 4.40. The van der Waals surface area contributed by atoms with Gasteiger partial charge in [0, 0.05) is 17.4 Å². The Hall–Kier alpha value is -1.56. The Morgan fingerprint density at radius 1 is 1.33 bits per heavy atom. The van der Waals surface area contributed by atoms with E-state index in [1.54, 1.807) is 12.1 Å². The van der Waals surface area contributed by atoms with Crippen molar-refractivity contribution in [3.05, 3.63) is 39.9 Å². The average Bonchev–Trinajstić information content (AvgIpc) is 2.28. The zero-order valence-corrected chi connectivity index (χ0v) is 11.0. The summed E-state index contributed by atoms with van der Waals surface area (Å²) in [5, 5.41) is 19.2. The van der Waals surface area contributed by atoms with E-state index in [0.717, 1.165) is 0 Å². The molecule has 1 rings (SSSR count). The van der Waals surface area contributed by atoms with Crippen LogP contribution in [0.5, 0.6) is 0 Å². The maximum absolute atomic E-state index is 11.2. The summed E-state index contributed by atoms with van der Waals surface area (Å²) < 4.78 is 0. The second-order valence-corrected chi connectivity index (χ2v) is 4.96. The standard InChI is InChI=1S/C12H15NO4S/c1-7(2)10(12(14)15)11(18)8-3-5-9(6-4-8)13(16)17/h3-7,10-11,18H,1-2H3,(H,14,15). The van der Waals surface area contributed by atoms with Crippen LogP contribution >= 0.6 is 12.6 Å². The van der Waals surface area contributed by atoms with E-state index in [2.05, 4.69) is 12.6 Å². The fourth-order valence-corrected chi connectivity index (χ4v) is 2.43. The molecule has 0 fully saturated rings. The van der Waals surface area contributed by atoms with Gasteiger partial charge >= 0.3 is 5.97 Å². The minimum absolute atomic E-state index is 0.0179. The van der Waals surface area contributed by atoms with Crippen LogP contribution in [0, 0.1) is 22.0 Å². The van der Waals surface area contributed by atoms with Gasteiger partial charge in [0.05, 0.1) is 10.8 Å². The van der Waals surface area contributed by atoms with Gasteiger partial charge in [-0.1, -0.05) is 26.0 Å². The van der Waals surface area contributed by atoms with Crippen LogP contribution in [0.3, 0.4) is 0 Å². The lowest BCUT2D eigenvalue weighted by Gasteiger charge is -2.22. The topological polar surface area (TPSA) is 80.4 Å². The molecule has 0 radical (unpaired) electrons. The van der Waals surface area contributed by atoms with Crippen molar-refractivity contribution in [1.82, 2.24) is 0 Å². The first kappa shape index (κ1) is 14.5. The van der Waals surface area contributed by atoms with E-state index in [0.29, 0.717) is 5.56 Å². The Morgan fingerprint density at radius 3 is 2.17 bits per heavy atom. The molecule has 2 atom stereocenters. The van der Waals surface area contributed by atoms with Gasteiger partial charge < -0.3 is 5.11 Å². The molecule has 0 saturated carbocycles. The summed E-state index contributed by atoms with van der Waals surface area (Å²) in [5.74, 6) is -1.61. The van der Waals surface area contributed by atoms with Gasteiger partial charge in [-0.2, -0.15) is 12.6 Å². The van der Waals surface area contributed by atoms with Gasteiger partial charge in [0.1, 0.15) is 0 Å². The maximum atomic E-state index is 11.2. The number of nitro groups is 1. The predicted molar refractivity (Wildman–Crippen MR) is 70.8 cm³/mol. The summed E-state index contributed by atoms with van der Waals surface area (Å²) in [6.45, 7) is 3.63. The molecule has 18 heavy (non-hydrogen) atoms. The zero-order chi connectivity index (χ0) is 13.9. The molecule has 0 aliphatic heterocycles. The Balaban J connectivity index is 2.98. The number of non-ortho nitro benzene ring substituents is 1. The van der Waals surface area contributed by atoms with Gasteiger partial charge in [-0.05, 0) is 11.5 Å². The van der Waals surface area contributed by atoms with Crippen molar-refractivity contribution in [2.75, 3.05) is 0 Å². The fourth-order valence-electron chi connectivity index (χ4n) is 1.79. The molecule has 0 saturated heterocycles. The normalized spacial score (nSPS) is 14.2. The molecular formula is C12H15NO4S. The van der Waals surface area contributed by atoms with Crippen LogP contribution in [0.4, 0.5) is 5.69 Å². The molecule has 2 unspecified atom stereocenters. The smallest absolute Gasteiger partial charge is 0.308 e. The summed E-state index contributed by atoms with van der Waals surface area (Å²) in [6.07, 6.45) is 0. The van der Waals surface area contributed by atoms with Crippen molar-refractivity contribution >= 4 is 24.3 Å². The van der Waals surface area contributed by atoms with Gasteiger partial charge in [-0.15, -0.1) is 0 Å². The molecule has 1 aromatic rings. The van der Waals surface area contributed by atoms with E-state index in [9.17, 15) is 14.9 Å². The third kappa shape index (κ3) is 3.22. The lowest BCUT2D eigenvalue weighted by atomic mass is 9.88. The van der Waals surface area contributed by atoms with E-state index in [-0.39, 0.29) is 11.6 Å². The van der Waals surface area contributed by atoms with Crippen molar-refractivity contribution in [3.63, 3.8) is 0 Å². The summed E-state index contributed by atoms with van der Waals surface area (Å²) in [7, 11) is 0. The van der Waals surface area contributed by atoms with E-state index < -0.39 is 22.1 Å². The van der Waals surface area contributed by atoms with E-state index in [1.807, 2.05) is 13.8 Å². The Bertz CT molecular complexity index is 444. The molecule has 6 heteroatoms. The van der Waals surface area contributed by atoms with Crippen LogP contribution in [0.15, 0.2) is 24.3 Å². The number of hydrogen-bond acceptors (Lipinski definition) is 4. The number of carboxylic acids is 1. The van der Waals surface area contributed by atoms with Crippen molar-refractivity contribution in [1.29, 1.82) is 0 Å². The van der Waals surface area contributed by atoms with Gasteiger partial charge in [-0.25, -0.2) is 0 Å². The molecule has 0 heterocycles. The van der Waals surface area contributed by atoms with Gasteiger partial charge in [0.25, 0.3) is 5.69 Å². The molecule has 0 aliphatic carbocycles. The van der Waals surface area contributed by atoms with Crippen molar-refractivity contribution in [2.24, 2.45) is 11.8 Å². The van der Waals surface area contributed by atoms with Crippen LogP contribution in [0.1, 0.15) is 24.7 Å². The number of nitro benzene ring substituents is 1. The van der Waals surface area contributed by atoms with Crippen molar-refractivity contribution in [3.8, 4) is 0 Å². The van der Waals surface area contributed by atoms with Crippen LogP contribution in [0.2, 0.25) is 0 Å². The molecule has 0 spiro atoms. The number of aliphatic carboxylic acids is 1. The zero-order valence-electron chi connectivity index (χ0n) is 10.1. The Labute approximate surface area is 110 Å². The number of carboxylic acid groups (broad SMARTS) is 1. The van der Waals surface area contributed by atoms with Crippen LogP contribution in [-0.2, 0) is 4.79 Å². The molecule has 5 nitrogen and oxygen atoms in total. The third-order valence-electron chi connectivity index (χ3n) is 2.79. The molecule has 98 valence electrons. The average molecular weight is 269 g/mol. The van der Waals surface area contributed by atoms with Gasteiger partial charge in [0.2, 0.25) is 0 Å². The highest BCUT2D eigenvalue weighted by molar-refractivity contribution is 7.80. The first-order chi connectivity index (χ1) is 8.34. The highest BCUT2D eigenvalue weighted by Gasteiger charge is 2.29. The predicted octanol–water partition coefficient (Wildman–Crippen LogP) is 2.92. The van der Waals surface area contributed by atoms with E-state index in [1.165, 1.54) is 12.1 Å². The number of rotatable bonds is 5. The van der Waals surface area contributed by atoms with Gasteiger partial charge in [-0.3, -0.25) is 14.9 Å². The summed E-state index contributed by atoms with van der Waals surface area (Å²) in [4.78, 5) is 21.2. The molecule has 1 N–H and O–H groups in total. The summed E-state index contributed by atoms with van der Waals surface area (Å²) in [5.41, 5.74) is 0.653. The first-order valence-corrected chi connectivity index (χ1v) is 6.01. The first-order valence-electron chi connectivity index (χ1n) is 5.49. The number of thiol groups is 1. The van der Waals surface area contributed by atoms with Crippen LogP contribution in [0.25, 0.3) is 0 Å².